The van der Waals surface area contributed by atoms with Crippen LogP contribution < -0.4 is 10.6 Å². The molecule has 0 spiro atoms. The molecule has 0 atom stereocenters. The van der Waals surface area contributed by atoms with Crippen LogP contribution in [0.15, 0.2) is 12.4 Å². The number of aromatic nitrogens is 1. The van der Waals surface area contributed by atoms with Crippen LogP contribution >= 0.6 is 0 Å². The molecular formula is C19H29N3O4. The van der Waals surface area contributed by atoms with Crippen LogP contribution in [0.5, 0.6) is 0 Å². The van der Waals surface area contributed by atoms with E-state index in [-0.39, 0.29) is 24.1 Å². The van der Waals surface area contributed by atoms with Crippen molar-refractivity contribution in [1.82, 2.24) is 10.3 Å². The van der Waals surface area contributed by atoms with Crippen LogP contribution in [-0.4, -0.2) is 41.8 Å². The Hall–Kier alpha value is -2.31. The van der Waals surface area contributed by atoms with Crippen LogP contribution in [0.3, 0.4) is 0 Å². The summed E-state index contributed by atoms with van der Waals surface area (Å²) in [5.41, 5.74) is 1.66. The average Bonchev–Trinajstić information content (AvgIpc) is 2.56. The van der Waals surface area contributed by atoms with Gasteiger partial charge < -0.3 is 20.1 Å². The zero-order chi connectivity index (χ0) is 19.3. The maximum atomic E-state index is 11.9. The molecule has 0 aliphatic heterocycles. The molecule has 1 fully saturated rings. The summed E-state index contributed by atoms with van der Waals surface area (Å²) < 4.78 is 10.1. The molecule has 1 aliphatic carbocycles. The van der Waals surface area contributed by atoms with Gasteiger partial charge in [0.05, 0.1) is 24.6 Å². The summed E-state index contributed by atoms with van der Waals surface area (Å²) in [6.07, 6.45) is 6.48. The van der Waals surface area contributed by atoms with Gasteiger partial charge in [-0.1, -0.05) is 0 Å². The Kier molecular flexibility index (Phi) is 6.45. The van der Waals surface area contributed by atoms with Gasteiger partial charge in [0, 0.05) is 18.3 Å². The van der Waals surface area contributed by atoms with Crippen LogP contribution in [0.25, 0.3) is 0 Å². The summed E-state index contributed by atoms with van der Waals surface area (Å²) in [5, 5.41) is 6.41. The summed E-state index contributed by atoms with van der Waals surface area (Å²) in [7, 11) is 1.36. The highest BCUT2D eigenvalue weighted by Gasteiger charge is 2.25. The Labute approximate surface area is 154 Å². The van der Waals surface area contributed by atoms with Gasteiger partial charge in [-0.2, -0.15) is 0 Å². The third-order valence-corrected chi connectivity index (χ3v) is 4.43. The van der Waals surface area contributed by atoms with Gasteiger partial charge in [0.2, 0.25) is 0 Å². The highest BCUT2D eigenvalue weighted by Crippen LogP contribution is 2.25. The molecule has 1 saturated carbocycles. The van der Waals surface area contributed by atoms with Crippen molar-refractivity contribution in [1.29, 1.82) is 0 Å². The third kappa shape index (κ3) is 5.61. The maximum absolute atomic E-state index is 11.9. The van der Waals surface area contributed by atoms with E-state index in [0.717, 1.165) is 36.9 Å². The molecule has 1 aromatic heterocycles. The first-order chi connectivity index (χ1) is 12.2. The fourth-order valence-corrected chi connectivity index (χ4v) is 3.06. The van der Waals surface area contributed by atoms with Crippen molar-refractivity contribution in [2.75, 3.05) is 12.4 Å². The van der Waals surface area contributed by atoms with Crippen LogP contribution in [0.2, 0.25) is 0 Å². The molecule has 144 valence electrons. The van der Waals surface area contributed by atoms with Crippen LogP contribution in [0.1, 0.15) is 62.4 Å². The number of amides is 1. The molecule has 2 rings (SSSR count). The topological polar surface area (TPSA) is 89.5 Å². The normalized spacial score (nSPS) is 20.2. The van der Waals surface area contributed by atoms with Crippen molar-refractivity contribution < 1.29 is 19.1 Å². The quantitative estimate of drug-likeness (QED) is 0.797. The zero-order valence-corrected chi connectivity index (χ0v) is 16.2. The Morgan fingerprint density at radius 2 is 1.73 bits per heavy atom. The van der Waals surface area contributed by atoms with Gasteiger partial charge >= 0.3 is 12.1 Å². The molecule has 0 saturated heterocycles. The molecule has 2 N–H and O–H groups in total. The van der Waals surface area contributed by atoms with E-state index in [9.17, 15) is 9.59 Å². The smallest absolute Gasteiger partial charge is 0.407 e. The minimum absolute atomic E-state index is 0.128. The largest absolute Gasteiger partial charge is 0.465 e. The van der Waals surface area contributed by atoms with Crippen molar-refractivity contribution in [3.05, 3.63) is 23.5 Å². The molecule has 1 aliphatic rings. The first-order valence-corrected chi connectivity index (χ1v) is 8.98. The van der Waals surface area contributed by atoms with Crippen molar-refractivity contribution in [2.45, 2.75) is 71.1 Å². The lowest BCUT2D eigenvalue weighted by Crippen LogP contribution is -2.42. The number of nitrogens with zero attached hydrogens (tertiary/aromatic N) is 1. The van der Waals surface area contributed by atoms with Gasteiger partial charge in [0.15, 0.2) is 0 Å². The number of carbonyl (C=O) groups is 2. The molecule has 7 nitrogen and oxygen atoms in total. The van der Waals surface area contributed by atoms with Gasteiger partial charge in [0.25, 0.3) is 0 Å². The van der Waals surface area contributed by atoms with E-state index in [1.807, 2.05) is 27.7 Å². The summed E-state index contributed by atoms with van der Waals surface area (Å²) in [5.74, 6) is -0.385. The van der Waals surface area contributed by atoms with E-state index in [1.54, 1.807) is 6.20 Å². The Bertz CT molecular complexity index is 647. The van der Waals surface area contributed by atoms with Gasteiger partial charge in [-0.25, -0.2) is 9.59 Å². The number of hydrogen-bond donors (Lipinski definition) is 2. The number of pyridine rings is 1. The lowest BCUT2D eigenvalue weighted by Gasteiger charge is -2.31. The van der Waals surface area contributed by atoms with Crippen LogP contribution in [0.4, 0.5) is 10.5 Å². The van der Waals surface area contributed by atoms with Crippen molar-refractivity contribution in [3.63, 3.8) is 0 Å². The second kappa shape index (κ2) is 8.38. The molecular weight excluding hydrogens is 334 g/mol. The molecule has 1 heterocycles. The number of esters is 1. The second-order valence-electron chi connectivity index (χ2n) is 7.69. The van der Waals surface area contributed by atoms with E-state index in [4.69, 9.17) is 9.47 Å². The molecule has 7 heteroatoms. The fraction of sp³-hybridized carbons (Fsp3) is 0.632. The number of hydrogen-bond acceptors (Lipinski definition) is 6. The molecule has 0 radical (unpaired) electrons. The van der Waals surface area contributed by atoms with Crippen molar-refractivity contribution in [2.24, 2.45) is 0 Å². The Morgan fingerprint density at radius 3 is 2.31 bits per heavy atom. The summed E-state index contributed by atoms with van der Waals surface area (Å²) in [6.45, 7) is 7.44. The number of nitrogens with one attached hydrogen (secondary N) is 2. The molecule has 0 aromatic carbocycles. The number of ether oxygens (including phenoxy) is 2. The monoisotopic (exact) mass is 363 g/mol. The van der Waals surface area contributed by atoms with Crippen LogP contribution in [-0.2, 0) is 9.47 Å². The summed E-state index contributed by atoms with van der Waals surface area (Å²) in [6, 6.07) is 0.406. The van der Waals surface area contributed by atoms with E-state index >= 15 is 0 Å². The van der Waals surface area contributed by atoms with E-state index < -0.39 is 5.60 Å². The Morgan fingerprint density at radius 1 is 1.12 bits per heavy atom. The predicted octanol–water partition coefficient (Wildman–Crippen LogP) is 3.42. The van der Waals surface area contributed by atoms with Gasteiger partial charge in [-0.15, -0.1) is 0 Å². The molecule has 0 unspecified atom stereocenters. The highest BCUT2D eigenvalue weighted by molar-refractivity contribution is 5.92. The second-order valence-corrected chi connectivity index (χ2v) is 7.69. The molecule has 1 aromatic rings. The minimum atomic E-state index is -0.488. The predicted molar refractivity (Wildman–Crippen MR) is 99.3 cm³/mol. The molecule has 0 bridgehead atoms. The fourth-order valence-electron chi connectivity index (χ4n) is 3.06. The van der Waals surface area contributed by atoms with Gasteiger partial charge in [-0.3, -0.25) is 4.98 Å². The van der Waals surface area contributed by atoms with E-state index in [2.05, 4.69) is 15.6 Å². The standard InChI is InChI=1S/C19H29N3O4/c1-12-15(17(23)25-5)10-20-11-16(12)21-13-6-8-14(9-7-13)22-18(24)26-19(2,3)4/h10-11,13-14,21H,6-9H2,1-5H3,(H,22,24)/t13-,14-. The number of anilines is 1. The number of alkyl carbamates (subject to hydrolysis) is 1. The lowest BCUT2D eigenvalue weighted by atomic mass is 9.91. The summed E-state index contributed by atoms with van der Waals surface area (Å²) in [4.78, 5) is 27.8. The van der Waals surface area contributed by atoms with Crippen molar-refractivity contribution >= 4 is 17.7 Å². The van der Waals surface area contributed by atoms with Gasteiger partial charge in [-0.05, 0) is 58.9 Å². The minimum Gasteiger partial charge on any atom is -0.465 e. The van der Waals surface area contributed by atoms with Crippen molar-refractivity contribution in [3.8, 4) is 0 Å². The molecule has 26 heavy (non-hydrogen) atoms. The first-order valence-electron chi connectivity index (χ1n) is 8.98. The van der Waals surface area contributed by atoms with E-state index in [0.29, 0.717) is 5.56 Å². The van der Waals surface area contributed by atoms with E-state index in [1.165, 1.54) is 13.3 Å². The zero-order valence-electron chi connectivity index (χ0n) is 16.2. The number of carbonyl (C=O) groups excluding carboxylic acids is 2. The number of rotatable bonds is 4. The first kappa shape index (κ1) is 20.0. The average molecular weight is 363 g/mol. The van der Waals surface area contributed by atoms with Gasteiger partial charge in [0.1, 0.15) is 5.60 Å². The SMILES string of the molecule is COC(=O)c1cncc(N[C@H]2CC[C@H](NC(=O)OC(C)(C)C)CC2)c1C. The van der Waals surface area contributed by atoms with Crippen LogP contribution in [0, 0.1) is 6.92 Å². The lowest BCUT2D eigenvalue weighted by molar-refractivity contribution is 0.0491. The summed E-state index contributed by atoms with van der Waals surface area (Å²) >= 11 is 0. The Balaban J connectivity index is 1.88. The highest BCUT2D eigenvalue weighted by atomic mass is 16.6. The third-order valence-electron chi connectivity index (χ3n) is 4.43. The number of methoxy groups -OCH3 is 1. The molecule has 1 amide bonds. The maximum Gasteiger partial charge on any atom is 0.407 e.